The molecule has 0 saturated carbocycles. The molecule has 0 saturated heterocycles. The van der Waals surface area contributed by atoms with Gasteiger partial charge in [0, 0.05) is 6.04 Å². The number of benzene rings is 1. The predicted molar refractivity (Wildman–Crippen MR) is 72.3 cm³/mol. The predicted octanol–water partition coefficient (Wildman–Crippen LogP) is 3.93. The van der Waals surface area contributed by atoms with E-state index < -0.39 is 35.3 Å². The van der Waals surface area contributed by atoms with Crippen molar-refractivity contribution in [1.82, 2.24) is 10.9 Å². The number of alkyl halides is 3. The second kappa shape index (κ2) is 6.51. The number of halogens is 4. The molecule has 1 aromatic carbocycles. The molecule has 2 N–H and O–H groups in total. The van der Waals surface area contributed by atoms with E-state index in [2.05, 4.69) is 10.9 Å². The molecule has 1 amide bonds. The lowest BCUT2D eigenvalue weighted by Gasteiger charge is -2.21. The molecule has 0 bridgehead atoms. The Bertz CT molecular complexity index is 539. The molecule has 0 radical (unpaired) electrons. The summed E-state index contributed by atoms with van der Waals surface area (Å²) in [4.78, 5) is 11.4. The van der Waals surface area contributed by atoms with Crippen LogP contribution >= 0.6 is 0 Å². The quantitative estimate of drug-likeness (QED) is 0.655. The van der Waals surface area contributed by atoms with Crippen molar-refractivity contribution in [2.75, 3.05) is 0 Å². The van der Waals surface area contributed by atoms with Crippen molar-refractivity contribution in [2.24, 2.45) is 0 Å². The fourth-order valence-corrected chi connectivity index (χ4v) is 1.58. The fourth-order valence-electron chi connectivity index (χ4n) is 1.58. The maximum atomic E-state index is 13.5. The van der Waals surface area contributed by atoms with Crippen LogP contribution in [0.5, 0.6) is 0 Å². The Balaban J connectivity index is 2.69. The highest BCUT2D eigenvalue weighted by Crippen LogP contribution is 2.32. The van der Waals surface area contributed by atoms with Crippen LogP contribution in [0.25, 0.3) is 0 Å². The lowest BCUT2D eigenvalue weighted by molar-refractivity contribution is -0.140. The van der Waals surface area contributed by atoms with Crippen molar-refractivity contribution in [3.05, 3.63) is 35.1 Å². The minimum absolute atomic E-state index is 0.251. The number of hydrazine groups is 1. The number of carbonyl (C=O) groups excluding carboxylic acids is 1. The Morgan fingerprint density at radius 2 is 1.82 bits per heavy atom. The highest BCUT2D eigenvalue weighted by molar-refractivity contribution is 5.67. The van der Waals surface area contributed by atoms with Gasteiger partial charge in [-0.25, -0.2) is 14.6 Å². The largest absolute Gasteiger partial charge is 0.443 e. The molecule has 1 atom stereocenters. The molecular weight excluding hydrogens is 304 g/mol. The number of rotatable bonds is 3. The van der Waals surface area contributed by atoms with Crippen molar-refractivity contribution in [2.45, 2.75) is 45.5 Å². The summed E-state index contributed by atoms with van der Waals surface area (Å²) in [5, 5.41) is 0. The van der Waals surface area contributed by atoms with Gasteiger partial charge in [-0.05, 0) is 45.4 Å². The molecule has 1 aromatic rings. The van der Waals surface area contributed by atoms with E-state index in [0.29, 0.717) is 6.07 Å². The highest BCUT2D eigenvalue weighted by Gasteiger charge is 2.34. The first kappa shape index (κ1) is 18.2. The molecule has 22 heavy (non-hydrogen) atoms. The van der Waals surface area contributed by atoms with Crippen molar-refractivity contribution in [3.63, 3.8) is 0 Å². The molecule has 0 aliphatic rings. The number of hydrogen-bond donors (Lipinski definition) is 2. The van der Waals surface area contributed by atoms with Gasteiger partial charge >= 0.3 is 12.3 Å². The second-order valence-electron chi connectivity index (χ2n) is 5.73. The third-order valence-electron chi connectivity index (χ3n) is 2.59. The first-order chi connectivity index (χ1) is 9.90. The van der Waals surface area contributed by atoms with E-state index in [0.717, 1.165) is 12.1 Å². The van der Waals surface area contributed by atoms with Gasteiger partial charge in [0.15, 0.2) is 0 Å². The Kier molecular flexibility index (Phi) is 5.39. The molecule has 0 heterocycles. The van der Waals surface area contributed by atoms with Gasteiger partial charge in [0.25, 0.3) is 0 Å². The molecule has 0 aromatic heterocycles. The van der Waals surface area contributed by atoms with Gasteiger partial charge in [0.05, 0.1) is 5.56 Å². The van der Waals surface area contributed by atoms with Gasteiger partial charge in [0.1, 0.15) is 11.4 Å². The van der Waals surface area contributed by atoms with Gasteiger partial charge in [-0.2, -0.15) is 13.2 Å². The van der Waals surface area contributed by atoms with Gasteiger partial charge in [-0.3, -0.25) is 5.43 Å². The number of carbonyl (C=O) groups is 1. The lowest BCUT2D eigenvalue weighted by atomic mass is 10.1. The van der Waals surface area contributed by atoms with E-state index in [1.807, 2.05) is 0 Å². The summed E-state index contributed by atoms with van der Waals surface area (Å²) in [5.41, 5.74) is 3.02. The maximum absolute atomic E-state index is 13.5. The molecule has 1 rings (SSSR count). The van der Waals surface area contributed by atoms with Gasteiger partial charge in [-0.15, -0.1) is 0 Å². The second-order valence-corrected chi connectivity index (χ2v) is 5.73. The van der Waals surface area contributed by atoms with Crippen LogP contribution in [0, 0.1) is 5.82 Å². The normalized spacial score (nSPS) is 13.6. The summed E-state index contributed by atoms with van der Waals surface area (Å²) < 4.78 is 55.8. The molecule has 0 aliphatic heterocycles. The monoisotopic (exact) mass is 322 g/mol. The van der Waals surface area contributed by atoms with E-state index in [1.165, 1.54) is 0 Å². The topological polar surface area (TPSA) is 50.4 Å². The van der Waals surface area contributed by atoms with E-state index in [4.69, 9.17) is 4.74 Å². The number of amides is 1. The smallest absolute Gasteiger partial charge is 0.422 e. The van der Waals surface area contributed by atoms with Crippen LogP contribution < -0.4 is 10.9 Å². The average molecular weight is 322 g/mol. The molecule has 0 aliphatic carbocycles. The van der Waals surface area contributed by atoms with Crippen LogP contribution in [-0.2, 0) is 10.9 Å². The van der Waals surface area contributed by atoms with Crippen LogP contribution in [-0.4, -0.2) is 11.7 Å². The van der Waals surface area contributed by atoms with Crippen LogP contribution in [0.4, 0.5) is 22.4 Å². The van der Waals surface area contributed by atoms with Crippen LogP contribution in [0.1, 0.15) is 44.9 Å². The van der Waals surface area contributed by atoms with Crippen molar-refractivity contribution in [1.29, 1.82) is 0 Å². The number of hydrogen-bond acceptors (Lipinski definition) is 3. The SMILES string of the molecule is CC(NNC(=O)OC(C)(C)C)c1ccc(C(F)(F)F)c(F)c1. The summed E-state index contributed by atoms with van der Waals surface area (Å²) in [6.07, 6.45) is -5.49. The molecule has 4 nitrogen and oxygen atoms in total. The van der Waals surface area contributed by atoms with Crippen LogP contribution in [0.15, 0.2) is 18.2 Å². The Hall–Kier alpha value is -1.83. The average Bonchev–Trinajstić information content (AvgIpc) is 2.32. The molecular formula is C14H18F4N2O2. The molecule has 0 fully saturated rings. The lowest BCUT2D eigenvalue weighted by Crippen LogP contribution is -2.42. The zero-order valence-electron chi connectivity index (χ0n) is 12.6. The van der Waals surface area contributed by atoms with E-state index in [1.54, 1.807) is 27.7 Å². The minimum Gasteiger partial charge on any atom is -0.443 e. The summed E-state index contributed by atoms with van der Waals surface area (Å²) in [6, 6.07) is 1.97. The first-order valence-corrected chi connectivity index (χ1v) is 6.51. The number of nitrogens with one attached hydrogen (secondary N) is 2. The molecule has 124 valence electrons. The zero-order valence-corrected chi connectivity index (χ0v) is 12.6. The summed E-state index contributed by atoms with van der Waals surface area (Å²) >= 11 is 0. The van der Waals surface area contributed by atoms with Crippen LogP contribution in [0.3, 0.4) is 0 Å². The number of ether oxygens (including phenoxy) is 1. The molecule has 8 heteroatoms. The first-order valence-electron chi connectivity index (χ1n) is 6.51. The fraction of sp³-hybridized carbons (Fsp3) is 0.500. The van der Waals surface area contributed by atoms with E-state index in [-0.39, 0.29) is 5.56 Å². The van der Waals surface area contributed by atoms with Crippen molar-refractivity contribution >= 4 is 6.09 Å². The Morgan fingerprint density at radius 3 is 2.27 bits per heavy atom. The minimum atomic E-state index is -4.74. The summed E-state index contributed by atoms with van der Waals surface area (Å²) in [7, 11) is 0. The Morgan fingerprint density at radius 1 is 1.23 bits per heavy atom. The third-order valence-corrected chi connectivity index (χ3v) is 2.59. The van der Waals surface area contributed by atoms with Crippen molar-refractivity contribution in [3.8, 4) is 0 Å². The van der Waals surface area contributed by atoms with Gasteiger partial charge in [-0.1, -0.05) is 6.07 Å². The van der Waals surface area contributed by atoms with Crippen molar-refractivity contribution < 1.29 is 27.1 Å². The van der Waals surface area contributed by atoms with Crippen LogP contribution in [0.2, 0.25) is 0 Å². The van der Waals surface area contributed by atoms with Gasteiger partial charge in [0.2, 0.25) is 0 Å². The summed E-state index contributed by atoms with van der Waals surface area (Å²) in [6.45, 7) is 6.60. The maximum Gasteiger partial charge on any atom is 0.422 e. The third kappa shape index (κ3) is 5.51. The van der Waals surface area contributed by atoms with Gasteiger partial charge < -0.3 is 4.74 Å². The molecule has 0 spiro atoms. The highest BCUT2D eigenvalue weighted by atomic mass is 19.4. The van der Waals surface area contributed by atoms with E-state index >= 15 is 0 Å². The Labute approximate surface area is 125 Å². The standard InChI is InChI=1S/C14H18F4N2O2/c1-8(19-20-12(21)22-13(2,3)4)9-5-6-10(11(15)7-9)14(16,17)18/h5-8,19H,1-4H3,(H,20,21). The van der Waals surface area contributed by atoms with E-state index in [9.17, 15) is 22.4 Å². The molecule has 1 unspecified atom stereocenters. The zero-order chi connectivity index (χ0) is 17.1. The summed E-state index contributed by atoms with van der Waals surface area (Å²) in [5.74, 6) is -1.36.